The lowest BCUT2D eigenvalue weighted by molar-refractivity contribution is 0.669. The Morgan fingerprint density at radius 2 is 0.735 bits per heavy atom. The molecule has 8 nitrogen and oxygen atoms in total. The van der Waals surface area contributed by atoms with Crippen LogP contribution in [0.25, 0.3) is 129 Å². The Bertz CT molecular complexity index is 3960. The summed E-state index contributed by atoms with van der Waals surface area (Å²) in [6.07, 6.45) is 0. The van der Waals surface area contributed by atoms with Crippen molar-refractivity contribution < 1.29 is 4.42 Å². The highest BCUT2D eigenvalue weighted by molar-refractivity contribution is 6.17. The molecule has 0 atom stereocenters. The van der Waals surface area contributed by atoms with Gasteiger partial charge < -0.3 is 8.98 Å². The molecular weight excluding hydrogens is 835 g/mol. The highest BCUT2D eigenvalue weighted by Crippen LogP contribution is 2.42. The van der Waals surface area contributed by atoms with Crippen LogP contribution in [0.1, 0.15) is 0 Å². The molecule has 9 aromatic carbocycles. The minimum absolute atomic E-state index is 0.502. The molecule has 4 heterocycles. The van der Waals surface area contributed by atoms with Crippen LogP contribution in [-0.4, -0.2) is 34.5 Å². The number of benzene rings is 9. The normalized spacial score (nSPS) is 11.5. The van der Waals surface area contributed by atoms with E-state index >= 15 is 0 Å². The van der Waals surface area contributed by atoms with E-state index in [1.54, 1.807) is 0 Å². The Hall–Kier alpha value is -9.40. The molecule has 0 radical (unpaired) electrons. The topological polar surface area (TPSA) is 95.4 Å². The first-order valence-corrected chi connectivity index (χ1v) is 22.5. The van der Waals surface area contributed by atoms with Gasteiger partial charge in [0.05, 0.1) is 16.7 Å². The maximum atomic E-state index is 6.45. The van der Waals surface area contributed by atoms with Crippen molar-refractivity contribution in [1.29, 1.82) is 0 Å². The number of aromatic nitrogens is 7. The molecule has 318 valence electrons. The summed E-state index contributed by atoms with van der Waals surface area (Å²) in [5, 5.41) is 4.26. The number of furan rings is 1. The van der Waals surface area contributed by atoms with Gasteiger partial charge in [0, 0.05) is 54.9 Å². The summed E-state index contributed by atoms with van der Waals surface area (Å²) in [5.41, 5.74) is 11.8. The molecule has 0 spiro atoms. The average Bonchev–Trinajstić information content (AvgIpc) is 3.95. The van der Waals surface area contributed by atoms with Gasteiger partial charge in [-0.3, -0.25) is 0 Å². The molecule has 0 aliphatic carbocycles. The molecule has 13 rings (SSSR count). The third-order valence-electron chi connectivity index (χ3n) is 12.5. The van der Waals surface area contributed by atoms with Gasteiger partial charge >= 0.3 is 0 Å². The molecule has 13 aromatic rings. The van der Waals surface area contributed by atoms with Crippen LogP contribution < -0.4 is 0 Å². The SMILES string of the molecule is c1ccc(-c2nc(-c3ccc(-n4c5ccccc5c5cc6oc7ccccc7c6cc54)c(-c4nc(-c5ccccc5)nc(-c5ccccc5)n4)c3)nc(-c3ccccc3-c3ccccc3)n2)cc1. The molecule has 0 saturated heterocycles. The van der Waals surface area contributed by atoms with Crippen LogP contribution in [0.15, 0.2) is 229 Å². The van der Waals surface area contributed by atoms with E-state index in [1.807, 2.05) is 133 Å². The van der Waals surface area contributed by atoms with Crippen LogP contribution in [0.2, 0.25) is 0 Å². The zero-order valence-electron chi connectivity index (χ0n) is 36.4. The largest absolute Gasteiger partial charge is 0.456 e. The van der Waals surface area contributed by atoms with Crippen molar-refractivity contribution in [2.24, 2.45) is 0 Å². The number of hydrogen-bond donors (Lipinski definition) is 0. The zero-order chi connectivity index (χ0) is 45.0. The maximum absolute atomic E-state index is 6.45. The monoisotopic (exact) mass is 871 g/mol. The van der Waals surface area contributed by atoms with Crippen molar-refractivity contribution in [1.82, 2.24) is 34.5 Å². The predicted octanol–water partition coefficient (Wildman–Crippen LogP) is 14.7. The Balaban J connectivity index is 1.11. The van der Waals surface area contributed by atoms with Crippen molar-refractivity contribution in [2.45, 2.75) is 0 Å². The molecule has 0 unspecified atom stereocenters. The van der Waals surface area contributed by atoms with Crippen molar-refractivity contribution in [3.8, 4) is 85.1 Å². The Morgan fingerprint density at radius 3 is 1.35 bits per heavy atom. The van der Waals surface area contributed by atoms with E-state index in [0.29, 0.717) is 34.9 Å². The molecule has 68 heavy (non-hydrogen) atoms. The van der Waals surface area contributed by atoms with E-state index in [2.05, 4.69) is 95.6 Å². The molecule has 0 amide bonds. The van der Waals surface area contributed by atoms with E-state index < -0.39 is 0 Å². The maximum Gasteiger partial charge on any atom is 0.166 e. The average molecular weight is 872 g/mol. The van der Waals surface area contributed by atoms with Crippen LogP contribution in [0.5, 0.6) is 0 Å². The smallest absolute Gasteiger partial charge is 0.166 e. The highest BCUT2D eigenvalue weighted by Gasteiger charge is 2.23. The fourth-order valence-corrected chi connectivity index (χ4v) is 9.31. The fourth-order valence-electron chi connectivity index (χ4n) is 9.31. The Kier molecular flexibility index (Phi) is 9.31. The van der Waals surface area contributed by atoms with Gasteiger partial charge in [-0.05, 0) is 53.6 Å². The predicted molar refractivity (Wildman–Crippen MR) is 273 cm³/mol. The molecule has 4 aromatic heterocycles. The number of nitrogens with zero attached hydrogens (tertiary/aromatic N) is 7. The lowest BCUT2D eigenvalue weighted by Crippen LogP contribution is -2.05. The molecule has 0 aliphatic heterocycles. The summed E-state index contributed by atoms with van der Waals surface area (Å²) in [7, 11) is 0. The Labute approximate surface area is 390 Å². The molecule has 0 aliphatic rings. The van der Waals surface area contributed by atoms with Crippen LogP contribution >= 0.6 is 0 Å². The summed E-state index contributed by atoms with van der Waals surface area (Å²) >= 11 is 0. The molecule has 8 heteroatoms. The van der Waals surface area contributed by atoms with Crippen molar-refractivity contribution in [3.05, 3.63) is 224 Å². The van der Waals surface area contributed by atoms with Crippen LogP contribution in [0.4, 0.5) is 0 Å². The second kappa shape index (κ2) is 16.2. The number of hydrogen-bond acceptors (Lipinski definition) is 7. The second-order valence-corrected chi connectivity index (χ2v) is 16.7. The minimum Gasteiger partial charge on any atom is -0.456 e. The number of fused-ring (bicyclic) bond motifs is 6. The summed E-state index contributed by atoms with van der Waals surface area (Å²) in [4.78, 5) is 31.4. The van der Waals surface area contributed by atoms with Gasteiger partial charge in [-0.2, -0.15) is 0 Å². The van der Waals surface area contributed by atoms with Gasteiger partial charge in [0.25, 0.3) is 0 Å². The van der Waals surface area contributed by atoms with Crippen molar-refractivity contribution in [3.63, 3.8) is 0 Å². The molecule has 0 saturated carbocycles. The number of rotatable bonds is 8. The van der Waals surface area contributed by atoms with Gasteiger partial charge in [0.15, 0.2) is 34.9 Å². The van der Waals surface area contributed by atoms with Crippen molar-refractivity contribution in [2.75, 3.05) is 0 Å². The quantitative estimate of drug-likeness (QED) is 0.150. The third kappa shape index (κ3) is 6.78. The van der Waals surface area contributed by atoms with Gasteiger partial charge in [-0.1, -0.05) is 182 Å². The lowest BCUT2D eigenvalue weighted by Gasteiger charge is -2.16. The van der Waals surface area contributed by atoms with E-state index in [-0.39, 0.29) is 0 Å². The van der Waals surface area contributed by atoms with E-state index in [9.17, 15) is 0 Å². The number of para-hydroxylation sites is 2. The first kappa shape index (κ1) is 39.0. The summed E-state index contributed by atoms with van der Waals surface area (Å²) < 4.78 is 8.78. The summed E-state index contributed by atoms with van der Waals surface area (Å²) in [6.45, 7) is 0. The summed E-state index contributed by atoms with van der Waals surface area (Å²) in [6, 6.07) is 76.3. The Morgan fingerprint density at radius 1 is 0.265 bits per heavy atom. The van der Waals surface area contributed by atoms with Crippen LogP contribution in [0, 0.1) is 0 Å². The first-order valence-electron chi connectivity index (χ1n) is 22.5. The van der Waals surface area contributed by atoms with Gasteiger partial charge in [0.2, 0.25) is 0 Å². The fraction of sp³-hybridized carbons (Fsp3) is 0. The van der Waals surface area contributed by atoms with Gasteiger partial charge in [0.1, 0.15) is 11.2 Å². The first-order chi connectivity index (χ1) is 33.7. The minimum atomic E-state index is 0.502. The van der Waals surface area contributed by atoms with Crippen LogP contribution in [-0.2, 0) is 0 Å². The molecule has 0 fully saturated rings. The van der Waals surface area contributed by atoms with E-state index in [1.165, 1.54) is 0 Å². The molecule has 0 N–H and O–H groups in total. The van der Waals surface area contributed by atoms with Gasteiger partial charge in [-0.15, -0.1) is 0 Å². The second-order valence-electron chi connectivity index (χ2n) is 16.7. The summed E-state index contributed by atoms with van der Waals surface area (Å²) in [5.74, 6) is 3.27. The van der Waals surface area contributed by atoms with Crippen LogP contribution in [0.3, 0.4) is 0 Å². The molecular formula is C60H37N7O. The van der Waals surface area contributed by atoms with E-state index in [4.69, 9.17) is 34.3 Å². The zero-order valence-corrected chi connectivity index (χ0v) is 36.4. The highest BCUT2D eigenvalue weighted by atomic mass is 16.3. The van der Waals surface area contributed by atoms with E-state index in [0.717, 1.165) is 93.9 Å². The van der Waals surface area contributed by atoms with Crippen molar-refractivity contribution >= 4 is 43.7 Å². The van der Waals surface area contributed by atoms with Gasteiger partial charge in [-0.25, -0.2) is 29.9 Å². The molecule has 0 bridgehead atoms. The lowest BCUT2D eigenvalue weighted by atomic mass is 9.99. The standard InChI is InChI=1S/C60H37N7O/c1-5-19-38(20-6-1)43-27-13-14-30-46(43)59-63-57(41-25-11-4-12-26-41)62-58(66-59)42-33-34-51(49(35-42)60-64-55(39-21-7-2-8-22-39)61-56(65-60)40-23-9-3-10-24-40)67-50-31-17-15-28-44(50)47-37-54-48(36-52(47)67)45-29-16-18-32-53(45)68-54/h1-37H. The third-order valence-corrected chi connectivity index (χ3v) is 12.5.